The predicted octanol–water partition coefficient (Wildman–Crippen LogP) is 3.66. The Hall–Kier alpha value is -1.85. The highest BCUT2D eigenvalue weighted by atomic mass is 16.4. The minimum absolute atomic E-state index is 0.0386. The van der Waals surface area contributed by atoms with Gasteiger partial charge in [-0.1, -0.05) is 32.3 Å². The van der Waals surface area contributed by atoms with Crippen molar-refractivity contribution in [3.63, 3.8) is 0 Å². The van der Waals surface area contributed by atoms with Crippen LogP contribution in [-0.2, 0) is 14.4 Å². The van der Waals surface area contributed by atoms with Crippen LogP contribution in [0.4, 0.5) is 0 Å². The van der Waals surface area contributed by atoms with E-state index in [1.807, 2.05) is 0 Å². The molecule has 2 saturated carbocycles. The second-order valence-corrected chi connectivity index (χ2v) is 8.72. The smallest absolute Gasteiger partial charge is 0.327 e. The first-order valence-corrected chi connectivity index (χ1v) is 11.4. The lowest BCUT2D eigenvalue weighted by molar-refractivity contribution is -0.131. The molecular formula is C23H38N2O4. The number of carbonyl (C=O) groups is 3. The topological polar surface area (TPSA) is 95.5 Å². The molecule has 0 heterocycles. The van der Waals surface area contributed by atoms with Crippen molar-refractivity contribution in [3.8, 4) is 0 Å². The van der Waals surface area contributed by atoms with E-state index < -0.39 is 5.97 Å². The number of allylic oxidation sites excluding steroid dienone is 1. The first-order chi connectivity index (χ1) is 14.0. The molecule has 0 aromatic rings. The number of unbranched alkanes of at least 4 members (excludes halogenated alkanes) is 4. The van der Waals surface area contributed by atoms with Crippen molar-refractivity contribution in [2.75, 3.05) is 13.1 Å². The summed E-state index contributed by atoms with van der Waals surface area (Å²) < 4.78 is 0. The highest BCUT2D eigenvalue weighted by molar-refractivity contribution is 5.84. The van der Waals surface area contributed by atoms with Crippen molar-refractivity contribution < 1.29 is 19.5 Å². The van der Waals surface area contributed by atoms with Crippen molar-refractivity contribution in [2.24, 2.45) is 23.7 Å². The molecule has 0 aromatic carbocycles. The summed E-state index contributed by atoms with van der Waals surface area (Å²) in [5.41, 5.74) is 0. The third-order valence-corrected chi connectivity index (χ3v) is 6.68. The molecule has 2 rings (SSSR count). The molecule has 164 valence electrons. The van der Waals surface area contributed by atoms with Crippen molar-refractivity contribution >= 4 is 17.8 Å². The van der Waals surface area contributed by atoms with E-state index in [0.717, 1.165) is 63.3 Å². The molecule has 2 aliphatic carbocycles. The van der Waals surface area contributed by atoms with Gasteiger partial charge in [0.1, 0.15) is 0 Å². The monoisotopic (exact) mass is 406 g/mol. The Labute approximate surface area is 174 Å². The molecule has 3 N–H and O–H groups in total. The van der Waals surface area contributed by atoms with Gasteiger partial charge in [0.05, 0.1) is 6.54 Å². The molecule has 0 unspecified atom stereocenters. The summed E-state index contributed by atoms with van der Waals surface area (Å²) in [6.07, 6.45) is 14.4. The van der Waals surface area contributed by atoms with Gasteiger partial charge in [-0.15, -0.1) is 0 Å². The van der Waals surface area contributed by atoms with Crippen LogP contribution < -0.4 is 10.6 Å². The van der Waals surface area contributed by atoms with E-state index in [1.54, 1.807) is 6.08 Å². The van der Waals surface area contributed by atoms with Crippen LogP contribution in [0.15, 0.2) is 12.2 Å². The zero-order valence-electron chi connectivity index (χ0n) is 17.8. The number of hydrogen-bond donors (Lipinski definition) is 3. The van der Waals surface area contributed by atoms with Crippen LogP contribution in [0.1, 0.15) is 77.6 Å². The maximum atomic E-state index is 12.2. The molecule has 0 spiro atoms. The zero-order chi connectivity index (χ0) is 21.1. The van der Waals surface area contributed by atoms with E-state index in [9.17, 15) is 14.4 Å². The summed E-state index contributed by atoms with van der Waals surface area (Å²) in [7, 11) is 0. The number of carboxylic acid groups (broad SMARTS) is 1. The number of fused-ring (bicyclic) bond motifs is 2. The van der Waals surface area contributed by atoms with Gasteiger partial charge in [-0.25, -0.2) is 4.79 Å². The highest BCUT2D eigenvalue weighted by Crippen LogP contribution is 2.53. The largest absolute Gasteiger partial charge is 0.478 e. The van der Waals surface area contributed by atoms with Gasteiger partial charge in [-0.2, -0.15) is 0 Å². The Morgan fingerprint density at radius 3 is 2.45 bits per heavy atom. The van der Waals surface area contributed by atoms with Crippen LogP contribution >= 0.6 is 0 Å². The van der Waals surface area contributed by atoms with Crippen molar-refractivity contribution in [2.45, 2.75) is 77.6 Å². The van der Waals surface area contributed by atoms with Gasteiger partial charge < -0.3 is 15.7 Å². The van der Waals surface area contributed by atoms with Gasteiger partial charge >= 0.3 is 5.97 Å². The molecule has 0 aromatic heterocycles. The van der Waals surface area contributed by atoms with E-state index in [4.69, 9.17) is 5.11 Å². The molecule has 0 aliphatic heterocycles. The Kier molecular flexibility index (Phi) is 10.2. The van der Waals surface area contributed by atoms with Gasteiger partial charge in [0, 0.05) is 19.0 Å². The van der Waals surface area contributed by atoms with E-state index in [2.05, 4.69) is 17.6 Å². The van der Waals surface area contributed by atoms with E-state index >= 15 is 0 Å². The molecule has 2 amide bonds. The van der Waals surface area contributed by atoms with Gasteiger partial charge in [0.15, 0.2) is 0 Å². The maximum absolute atomic E-state index is 12.2. The summed E-state index contributed by atoms with van der Waals surface area (Å²) in [4.78, 5) is 34.4. The number of hydrogen-bond acceptors (Lipinski definition) is 3. The number of nitrogens with one attached hydrogen (secondary N) is 2. The maximum Gasteiger partial charge on any atom is 0.327 e. The Bertz CT molecular complexity index is 575. The first-order valence-electron chi connectivity index (χ1n) is 11.4. The summed E-state index contributed by atoms with van der Waals surface area (Å²) in [5.74, 6) is 1.72. The van der Waals surface area contributed by atoms with E-state index in [1.165, 1.54) is 25.3 Å². The lowest BCUT2D eigenvalue weighted by atomic mass is 9.76. The molecule has 0 saturated heterocycles. The van der Waals surface area contributed by atoms with Gasteiger partial charge in [0.2, 0.25) is 11.8 Å². The SMILES string of the molecule is CCCCCC(=O)NCC(=O)NC[C@@H]1[C@@H]2CC[C@@H](C2)[C@@H]1CCCC/C=C/C(=O)O. The average Bonchev–Trinajstić information content (AvgIpc) is 3.29. The molecular weight excluding hydrogens is 368 g/mol. The third kappa shape index (κ3) is 8.19. The second-order valence-electron chi connectivity index (χ2n) is 8.72. The van der Waals surface area contributed by atoms with Crippen LogP contribution in [0.3, 0.4) is 0 Å². The molecule has 2 bridgehead atoms. The molecule has 6 heteroatoms. The lowest BCUT2D eigenvalue weighted by Crippen LogP contribution is -2.41. The second kappa shape index (κ2) is 12.7. The Morgan fingerprint density at radius 2 is 1.72 bits per heavy atom. The fourth-order valence-corrected chi connectivity index (χ4v) is 5.22. The quantitative estimate of drug-likeness (QED) is 0.303. The van der Waals surface area contributed by atoms with Crippen molar-refractivity contribution in [1.82, 2.24) is 10.6 Å². The minimum atomic E-state index is -0.883. The fraction of sp³-hybridized carbons (Fsp3) is 0.783. The average molecular weight is 407 g/mol. The molecule has 0 radical (unpaired) electrons. The van der Waals surface area contributed by atoms with E-state index in [0.29, 0.717) is 18.3 Å². The first kappa shape index (κ1) is 23.4. The normalized spacial score (nSPS) is 25.4. The number of rotatable bonds is 14. The van der Waals surface area contributed by atoms with Crippen molar-refractivity contribution in [1.29, 1.82) is 0 Å². The summed E-state index contributed by atoms with van der Waals surface area (Å²) >= 11 is 0. The van der Waals surface area contributed by atoms with Crippen LogP contribution in [0.2, 0.25) is 0 Å². The zero-order valence-corrected chi connectivity index (χ0v) is 17.8. The lowest BCUT2D eigenvalue weighted by Gasteiger charge is -2.31. The number of carbonyl (C=O) groups excluding carboxylic acids is 2. The van der Waals surface area contributed by atoms with E-state index in [-0.39, 0.29) is 18.4 Å². The summed E-state index contributed by atoms with van der Waals surface area (Å²) in [6.45, 7) is 2.90. The van der Waals surface area contributed by atoms with Crippen molar-refractivity contribution in [3.05, 3.63) is 12.2 Å². The van der Waals surface area contributed by atoms with Crippen LogP contribution in [0.5, 0.6) is 0 Å². The minimum Gasteiger partial charge on any atom is -0.478 e. The highest BCUT2D eigenvalue weighted by Gasteiger charge is 2.46. The van der Waals surface area contributed by atoms with Gasteiger partial charge in [-0.05, 0) is 68.6 Å². The van der Waals surface area contributed by atoms with Gasteiger partial charge in [-0.3, -0.25) is 9.59 Å². The predicted molar refractivity (Wildman–Crippen MR) is 113 cm³/mol. The molecule has 2 aliphatic rings. The number of aliphatic carboxylic acids is 1. The third-order valence-electron chi connectivity index (χ3n) is 6.68. The number of amides is 2. The van der Waals surface area contributed by atoms with Crippen LogP contribution in [-0.4, -0.2) is 36.0 Å². The Morgan fingerprint density at radius 1 is 0.966 bits per heavy atom. The molecule has 4 atom stereocenters. The fourth-order valence-electron chi connectivity index (χ4n) is 5.22. The molecule has 6 nitrogen and oxygen atoms in total. The Balaban J connectivity index is 1.66. The van der Waals surface area contributed by atoms with Crippen LogP contribution in [0, 0.1) is 23.7 Å². The number of carboxylic acids is 1. The molecule has 2 fully saturated rings. The van der Waals surface area contributed by atoms with Crippen LogP contribution in [0.25, 0.3) is 0 Å². The van der Waals surface area contributed by atoms with Gasteiger partial charge in [0.25, 0.3) is 0 Å². The standard InChI is InChI=1S/C23H38N2O4/c1-2-3-6-10-21(26)25-16-22(27)24-15-20-18-13-12-17(14-18)19(20)9-7-4-5-8-11-23(28)29/h8,11,17-20H,2-7,9-10,12-16H2,1H3,(H,24,27)(H,25,26)(H,28,29)/b11-8+/t17-,18+,19-,20+/m0/s1. The summed E-state index contributed by atoms with van der Waals surface area (Å²) in [5, 5.41) is 14.4. The summed E-state index contributed by atoms with van der Waals surface area (Å²) in [6, 6.07) is 0. The molecule has 29 heavy (non-hydrogen) atoms.